The Morgan fingerprint density at radius 1 is 0.460 bits per heavy atom. The van der Waals surface area contributed by atoms with Crippen LogP contribution in [0.5, 0.6) is 17.2 Å². The van der Waals surface area contributed by atoms with Crippen molar-refractivity contribution in [1.82, 2.24) is 0 Å². The van der Waals surface area contributed by atoms with Crippen LogP contribution in [0, 0.1) is 29.1 Å². The van der Waals surface area contributed by atoms with Crippen LogP contribution in [0.15, 0.2) is 72.8 Å². The number of aryl methyl sites for hydroxylation is 1. The van der Waals surface area contributed by atoms with Gasteiger partial charge in [-0.2, -0.15) is 26.3 Å². The van der Waals surface area contributed by atoms with Crippen LogP contribution in [0.4, 0.5) is 48.3 Å². The number of hydrogen-bond acceptors (Lipinski definition) is 3. The second kappa shape index (κ2) is 16.0. The highest BCUT2D eigenvalue weighted by atomic mass is 19.3. The van der Waals surface area contributed by atoms with E-state index in [9.17, 15) is 48.3 Å². The molecule has 0 bridgehead atoms. The van der Waals surface area contributed by atoms with Crippen molar-refractivity contribution < 1.29 is 62.5 Å². The van der Waals surface area contributed by atoms with Gasteiger partial charge in [-0.25, -0.2) is 22.0 Å². The highest BCUT2D eigenvalue weighted by Crippen LogP contribution is 2.39. The molecule has 0 saturated heterocycles. The van der Waals surface area contributed by atoms with Crippen molar-refractivity contribution in [2.75, 3.05) is 0 Å². The fourth-order valence-corrected chi connectivity index (χ4v) is 4.95. The Balaban J connectivity index is 1.37. The molecule has 0 unspecified atom stereocenters. The lowest BCUT2D eigenvalue weighted by Gasteiger charge is -2.22. The van der Waals surface area contributed by atoms with Crippen molar-refractivity contribution in [3.05, 3.63) is 124 Å². The van der Waals surface area contributed by atoms with Gasteiger partial charge in [0.15, 0.2) is 17.5 Å². The second-order valence-corrected chi connectivity index (χ2v) is 11.4. The van der Waals surface area contributed by atoms with Crippen molar-refractivity contribution in [3.8, 4) is 17.2 Å². The van der Waals surface area contributed by atoms with Crippen LogP contribution in [-0.4, -0.2) is 0 Å². The van der Waals surface area contributed by atoms with Crippen molar-refractivity contribution in [3.63, 3.8) is 0 Å². The molecule has 3 nitrogen and oxygen atoms in total. The zero-order valence-corrected chi connectivity index (χ0v) is 26.5. The number of alkyl halides is 6. The van der Waals surface area contributed by atoms with Gasteiger partial charge >= 0.3 is 18.3 Å². The van der Waals surface area contributed by atoms with E-state index >= 15 is 0 Å². The highest BCUT2D eigenvalue weighted by Gasteiger charge is 2.42. The van der Waals surface area contributed by atoms with Gasteiger partial charge in [0.1, 0.15) is 28.9 Å². The summed E-state index contributed by atoms with van der Waals surface area (Å²) in [5.74, 6) is -11.2. The van der Waals surface area contributed by atoms with Gasteiger partial charge < -0.3 is 14.2 Å². The molecular weight excluding hydrogens is 689 g/mol. The largest absolute Gasteiger partial charge is 0.429 e. The quantitative estimate of drug-likeness (QED) is 0.0618. The average Bonchev–Trinajstić information content (AvgIpc) is 3.03. The summed E-state index contributed by atoms with van der Waals surface area (Å²) in [6.07, 6.45) is -5.32. The van der Waals surface area contributed by atoms with E-state index in [0.29, 0.717) is 18.1 Å². The van der Waals surface area contributed by atoms with Gasteiger partial charge in [-0.15, -0.1) is 0 Å². The molecule has 0 heterocycles. The number of ether oxygens (including phenoxy) is 3. The van der Waals surface area contributed by atoms with Crippen LogP contribution in [0.2, 0.25) is 0 Å². The minimum atomic E-state index is -4.65. The van der Waals surface area contributed by atoms with Crippen LogP contribution in [0.1, 0.15) is 74.1 Å². The first-order valence-electron chi connectivity index (χ1n) is 15.6. The predicted octanol–water partition coefficient (Wildman–Crippen LogP) is 12.1. The molecule has 0 aliphatic carbocycles. The maximum absolute atomic E-state index is 14.8. The molecule has 4 aromatic rings. The first-order chi connectivity index (χ1) is 23.5. The van der Waals surface area contributed by atoms with E-state index in [1.165, 1.54) is 12.5 Å². The lowest BCUT2D eigenvalue weighted by atomic mass is 10.0. The van der Waals surface area contributed by atoms with Crippen molar-refractivity contribution in [2.24, 2.45) is 0 Å². The SMILES string of the molecule is CCCCCCCCCc1ccc(C(F)(F)Oc2ccc(OC(F)(F)c3ccc(C(F)(F)Oc4cc(F)c(F)c(F)c4)c(F)c3)cc2)c(F)c1. The molecule has 0 aromatic heterocycles. The van der Waals surface area contributed by atoms with Crippen LogP contribution in [0.25, 0.3) is 0 Å². The number of rotatable bonds is 17. The fourth-order valence-electron chi connectivity index (χ4n) is 4.95. The molecule has 0 amide bonds. The Hall–Kier alpha value is -4.49. The molecule has 0 fully saturated rings. The molecule has 0 saturated carbocycles. The van der Waals surface area contributed by atoms with Gasteiger partial charge in [-0.05, 0) is 73.0 Å². The molecule has 14 heteroatoms. The van der Waals surface area contributed by atoms with Crippen LogP contribution >= 0.6 is 0 Å². The summed E-state index contributed by atoms with van der Waals surface area (Å²) in [5, 5.41) is 0. The molecule has 50 heavy (non-hydrogen) atoms. The normalized spacial score (nSPS) is 12.2. The maximum atomic E-state index is 14.8. The zero-order chi connectivity index (χ0) is 36.7. The number of halogens is 11. The zero-order valence-electron chi connectivity index (χ0n) is 26.5. The second-order valence-electron chi connectivity index (χ2n) is 11.4. The summed E-state index contributed by atoms with van der Waals surface area (Å²) in [6.45, 7) is 2.12. The summed E-state index contributed by atoms with van der Waals surface area (Å²) in [7, 11) is 0. The van der Waals surface area contributed by atoms with Crippen LogP contribution in [-0.2, 0) is 24.7 Å². The van der Waals surface area contributed by atoms with Crippen molar-refractivity contribution >= 4 is 0 Å². The van der Waals surface area contributed by atoms with Gasteiger partial charge in [-0.1, -0.05) is 51.5 Å². The molecular formula is C36H31F11O3. The smallest absolute Gasteiger partial charge is 0.429 e. The minimum Gasteiger partial charge on any atom is -0.429 e. The van der Waals surface area contributed by atoms with E-state index in [1.54, 1.807) is 0 Å². The van der Waals surface area contributed by atoms with E-state index in [1.807, 2.05) is 0 Å². The molecule has 270 valence electrons. The van der Waals surface area contributed by atoms with Crippen molar-refractivity contribution in [2.45, 2.75) is 76.6 Å². The third-order valence-corrected chi connectivity index (χ3v) is 7.55. The van der Waals surface area contributed by atoms with Crippen LogP contribution < -0.4 is 14.2 Å². The lowest BCUT2D eigenvalue weighted by Crippen LogP contribution is -2.26. The van der Waals surface area contributed by atoms with E-state index < -0.39 is 81.4 Å². The molecule has 4 aromatic carbocycles. The van der Waals surface area contributed by atoms with Gasteiger partial charge in [0.2, 0.25) is 0 Å². The van der Waals surface area contributed by atoms with Gasteiger partial charge in [0.25, 0.3) is 0 Å². The molecule has 0 spiro atoms. The molecule has 0 aliphatic rings. The monoisotopic (exact) mass is 720 g/mol. The molecule has 0 radical (unpaired) electrons. The summed E-state index contributed by atoms with van der Waals surface area (Å²) >= 11 is 0. The topological polar surface area (TPSA) is 27.7 Å². The Morgan fingerprint density at radius 3 is 1.44 bits per heavy atom. The van der Waals surface area contributed by atoms with E-state index in [2.05, 4.69) is 21.1 Å². The Bertz CT molecular complexity index is 1720. The Morgan fingerprint density at radius 2 is 0.920 bits per heavy atom. The third-order valence-electron chi connectivity index (χ3n) is 7.55. The van der Waals surface area contributed by atoms with Gasteiger partial charge in [-0.3, -0.25) is 0 Å². The number of benzene rings is 4. The van der Waals surface area contributed by atoms with E-state index in [-0.39, 0.29) is 24.3 Å². The number of hydrogen-bond donors (Lipinski definition) is 0. The maximum Gasteiger partial charge on any atom is 0.429 e. The average molecular weight is 721 g/mol. The van der Waals surface area contributed by atoms with Crippen molar-refractivity contribution in [1.29, 1.82) is 0 Å². The summed E-state index contributed by atoms with van der Waals surface area (Å²) < 4.78 is 171. The molecule has 0 N–H and O–H groups in total. The predicted molar refractivity (Wildman–Crippen MR) is 161 cm³/mol. The summed E-state index contributed by atoms with van der Waals surface area (Å²) in [5.41, 5.74) is -3.35. The van der Waals surface area contributed by atoms with Gasteiger partial charge in [0.05, 0.1) is 16.7 Å². The molecule has 0 atom stereocenters. The van der Waals surface area contributed by atoms with E-state index in [4.69, 9.17) is 0 Å². The Kier molecular flexibility index (Phi) is 12.3. The molecule has 0 aliphatic heterocycles. The lowest BCUT2D eigenvalue weighted by molar-refractivity contribution is -0.190. The molecule has 4 rings (SSSR count). The number of unbranched alkanes of at least 4 members (excludes halogenated alkanes) is 6. The summed E-state index contributed by atoms with van der Waals surface area (Å²) in [4.78, 5) is 0. The highest BCUT2D eigenvalue weighted by molar-refractivity contribution is 5.35. The van der Waals surface area contributed by atoms with E-state index in [0.717, 1.165) is 74.9 Å². The minimum absolute atomic E-state index is 0.00899. The third kappa shape index (κ3) is 9.81. The first kappa shape index (κ1) is 38.3. The van der Waals surface area contributed by atoms with Crippen LogP contribution in [0.3, 0.4) is 0 Å². The Labute approximate surface area is 280 Å². The standard InChI is InChI=1S/C36H31F11O3/c1-2-3-4-5-6-7-8-9-22-10-16-27(29(37)18-22)35(44,45)49-25-14-12-24(13-15-25)48-34(42,43)23-11-17-28(30(38)19-23)36(46,47)50-26-20-31(39)33(41)32(40)21-26/h10-21H,2-9H2,1H3. The summed E-state index contributed by atoms with van der Waals surface area (Å²) in [6, 6.07) is 7.27. The fraction of sp³-hybridized carbons (Fsp3) is 0.333. The first-order valence-corrected chi connectivity index (χ1v) is 15.6. The van der Waals surface area contributed by atoms with Gasteiger partial charge in [0, 0.05) is 12.1 Å².